The summed E-state index contributed by atoms with van der Waals surface area (Å²) >= 11 is 0. The van der Waals surface area contributed by atoms with Crippen LogP contribution in [0.3, 0.4) is 0 Å². The number of morpholine rings is 1. The fourth-order valence-corrected chi connectivity index (χ4v) is 3.21. The Morgan fingerprint density at radius 3 is 2.41 bits per heavy atom. The van der Waals surface area contributed by atoms with Crippen LogP contribution in [-0.4, -0.2) is 48.0 Å². The molecule has 0 aliphatic carbocycles. The third kappa shape index (κ3) is 4.34. The second-order valence-electron chi connectivity index (χ2n) is 6.45. The van der Waals surface area contributed by atoms with E-state index in [0.29, 0.717) is 31.9 Å². The largest absolute Gasteiger partial charge is 0.378 e. The maximum absolute atomic E-state index is 12.8. The van der Waals surface area contributed by atoms with Gasteiger partial charge in [-0.05, 0) is 36.1 Å². The van der Waals surface area contributed by atoms with Crippen LogP contribution >= 0.6 is 0 Å². The second kappa shape index (κ2) is 8.77. The van der Waals surface area contributed by atoms with E-state index >= 15 is 0 Å². The van der Waals surface area contributed by atoms with E-state index in [-0.39, 0.29) is 17.5 Å². The third-order valence-corrected chi connectivity index (χ3v) is 4.78. The third-order valence-electron chi connectivity index (χ3n) is 4.78. The summed E-state index contributed by atoms with van der Waals surface area (Å²) in [7, 11) is 0. The first-order valence-corrected chi connectivity index (χ1v) is 9.39. The molecule has 0 radical (unpaired) electrons. The summed E-state index contributed by atoms with van der Waals surface area (Å²) in [4.78, 5) is 31.3. The fraction of sp³-hybridized carbons (Fsp3) is 0.381. The van der Waals surface area contributed by atoms with Crippen molar-refractivity contribution >= 4 is 17.5 Å². The summed E-state index contributed by atoms with van der Waals surface area (Å²) in [5, 5.41) is 3.03. The lowest BCUT2D eigenvalue weighted by molar-refractivity contribution is 0.0299. The molecular weight excluding hydrogens is 342 g/mol. The average molecular weight is 367 g/mol. The van der Waals surface area contributed by atoms with Crippen molar-refractivity contribution < 1.29 is 14.3 Å². The van der Waals surface area contributed by atoms with E-state index in [0.717, 1.165) is 29.7 Å². The van der Waals surface area contributed by atoms with Crippen LogP contribution in [0.5, 0.6) is 0 Å². The summed E-state index contributed by atoms with van der Waals surface area (Å²) in [6, 6.07) is 9.25. The highest BCUT2D eigenvalue weighted by Crippen LogP contribution is 2.23. The number of hydrogen-bond donors (Lipinski definition) is 1. The summed E-state index contributed by atoms with van der Waals surface area (Å²) < 4.78 is 5.28. The number of hydrogen-bond acceptors (Lipinski definition) is 4. The number of aryl methyl sites for hydroxylation is 2. The average Bonchev–Trinajstić information content (AvgIpc) is 2.74. The van der Waals surface area contributed by atoms with E-state index < -0.39 is 0 Å². The lowest BCUT2D eigenvalue weighted by Gasteiger charge is -2.26. The van der Waals surface area contributed by atoms with Crippen molar-refractivity contribution in [1.82, 2.24) is 9.88 Å². The number of ether oxygens (including phenoxy) is 1. The maximum Gasteiger partial charge on any atom is 0.272 e. The van der Waals surface area contributed by atoms with Gasteiger partial charge in [-0.2, -0.15) is 0 Å². The number of amides is 2. The van der Waals surface area contributed by atoms with Crippen LogP contribution in [0.2, 0.25) is 0 Å². The summed E-state index contributed by atoms with van der Waals surface area (Å²) in [5.74, 6) is -0.403. The quantitative estimate of drug-likeness (QED) is 0.882. The van der Waals surface area contributed by atoms with Gasteiger partial charge in [-0.15, -0.1) is 0 Å². The number of carbonyl (C=O) groups is 2. The zero-order valence-electron chi connectivity index (χ0n) is 15.8. The highest BCUT2D eigenvalue weighted by atomic mass is 16.5. The Morgan fingerprint density at radius 2 is 1.78 bits per heavy atom. The molecule has 3 rings (SSSR count). The molecule has 1 N–H and O–H groups in total. The van der Waals surface area contributed by atoms with Gasteiger partial charge in [0, 0.05) is 30.5 Å². The van der Waals surface area contributed by atoms with Crippen LogP contribution in [0.25, 0.3) is 0 Å². The van der Waals surface area contributed by atoms with Gasteiger partial charge < -0.3 is 15.0 Å². The molecule has 2 aromatic rings. The Morgan fingerprint density at radius 1 is 1.11 bits per heavy atom. The van der Waals surface area contributed by atoms with Gasteiger partial charge in [-0.3, -0.25) is 14.6 Å². The Labute approximate surface area is 159 Å². The Hall–Kier alpha value is -2.73. The summed E-state index contributed by atoms with van der Waals surface area (Å²) in [6.45, 7) is 6.27. The number of nitrogens with one attached hydrogen (secondary N) is 1. The van der Waals surface area contributed by atoms with Crippen LogP contribution in [0, 0.1) is 0 Å². The van der Waals surface area contributed by atoms with Crippen molar-refractivity contribution in [3.05, 3.63) is 58.9 Å². The van der Waals surface area contributed by atoms with Crippen molar-refractivity contribution in [3.8, 4) is 0 Å². The first kappa shape index (κ1) is 19.0. The Bertz CT molecular complexity index is 807. The predicted molar refractivity (Wildman–Crippen MR) is 104 cm³/mol. The predicted octanol–water partition coefficient (Wildman–Crippen LogP) is 2.93. The topological polar surface area (TPSA) is 71.5 Å². The van der Waals surface area contributed by atoms with Gasteiger partial charge >= 0.3 is 0 Å². The zero-order chi connectivity index (χ0) is 19.2. The van der Waals surface area contributed by atoms with E-state index in [1.165, 1.54) is 6.20 Å². The van der Waals surface area contributed by atoms with Crippen molar-refractivity contribution in [3.63, 3.8) is 0 Å². The van der Waals surface area contributed by atoms with Crippen LogP contribution in [0.1, 0.15) is 45.8 Å². The molecule has 2 amide bonds. The van der Waals surface area contributed by atoms with E-state index in [1.54, 1.807) is 17.0 Å². The molecule has 1 aromatic heterocycles. The molecule has 1 saturated heterocycles. The number of para-hydroxylation sites is 1. The Kier molecular flexibility index (Phi) is 6.19. The number of anilines is 1. The van der Waals surface area contributed by atoms with Crippen LogP contribution < -0.4 is 5.32 Å². The van der Waals surface area contributed by atoms with Crippen molar-refractivity contribution in [1.29, 1.82) is 0 Å². The monoisotopic (exact) mass is 367 g/mol. The molecule has 0 spiro atoms. The molecule has 1 aliphatic rings. The molecular formula is C21H25N3O3. The van der Waals surface area contributed by atoms with Crippen LogP contribution in [0.15, 0.2) is 36.5 Å². The molecule has 2 heterocycles. The minimum atomic E-state index is -0.232. The zero-order valence-corrected chi connectivity index (χ0v) is 15.8. The molecule has 0 unspecified atom stereocenters. The molecule has 27 heavy (non-hydrogen) atoms. The van der Waals surface area contributed by atoms with Crippen LogP contribution in [0.4, 0.5) is 5.69 Å². The van der Waals surface area contributed by atoms with E-state index in [1.807, 2.05) is 18.2 Å². The molecule has 0 bridgehead atoms. The van der Waals surface area contributed by atoms with Gasteiger partial charge in [-0.1, -0.05) is 32.0 Å². The maximum atomic E-state index is 12.8. The van der Waals surface area contributed by atoms with Crippen molar-refractivity contribution in [2.75, 3.05) is 31.6 Å². The van der Waals surface area contributed by atoms with E-state index in [2.05, 4.69) is 24.1 Å². The Balaban J connectivity index is 1.81. The van der Waals surface area contributed by atoms with Crippen molar-refractivity contribution in [2.45, 2.75) is 26.7 Å². The SMILES string of the molecule is CCc1cccc(CC)c1NC(=O)c1ccnc(C(=O)N2CCOCC2)c1. The molecule has 1 aromatic carbocycles. The van der Waals surface area contributed by atoms with Gasteiger partial charge in [0.1, 0.15) is 5.69 Å². The second-order valence-corrected chi connectivity index (χ2v) is 6.45. The van der Waals surface area contributed by atoms with Gasteiger partial charge in [0.15, 0.2) is 0 Å². The number of rotatable bonds is 5. The summed E-state index contributed by atoms with van der Waals surface area (Å²) in [5.41, 5.74) is 3.77. The van der Waals surface area contributed by atoms with E-state index in [4.69, 9.17) is 4.74 Å². The first-order chi connectivity index (χ1) is 13.1. The van der Waals surface area contributed by atoms with Crippen LogP contribution in [-0.2, 0) is 17.6 Å². The molecule has 1 aliphatic heterocycles. The number of carbonyl (C=O) groups excluding carboxylic acids is 2. The molecule has 0 atom stereocenters. The molecule has 1 fully saturated rings. The lowest BCUT2D eigenvalue weighted by atomic mass is 10.0. The molecule has 6 nitrogen and oxygen atoms in total. The first-order valence-electron chi connectivity index (χ1n) is 9.39. The molecule has 142 valence electrons. The molecule has 6 heteroatoms. The minimum Gasteiger partial charge on any atom is -0.378 e. The fourth-order valence-electron chi connectivity index (χ4n) is 3.21. The van der Waals surface area contributed by atoms with Gasteiger partial charge in [-0.25, -0.2) is 0 Å². The van der Waals surface area contributed by atoms with Gasteiger partial charge in [0.25, 0.3) is 11.8 Å². The molecule has 0 saturated carbocycles. The number of nitrogens with zero attached hydrogens (tertiary/aromatic N) is 2. The number of aromatic nitrogens is 1. The minimum absolute atomic E-state index is 0.170. The normalized spacial score (nSPS) is 14.1. The van der Waals surface area contributed by atoms with Gasteiger partial charge in [0.2, 0.25) is 0 Å². The number of pyridine rings is 1. The highest BCUT2D eigenvalue weighted by molar-refractivity contribution is 6.06. The highest BCUT2D eigenvalue weighted by Gasteiger charge is 2.21. The number of benzene rings is 1. The standard InChI is InChI=1S/C21H25N3O3/c1-3-15-6-5-7-16(4-2)19(15)23-20(25)17-8-9-22-18(14-17)21(26)24-10-12-27-13-11-24/h5-9,14H,3-4,10-13H2,1-2H3,(H,23,25). The van der Waals surface area contributed by atoms with Gasteiger partial charge in [0.05, 0.1) is 13.2 Å². The lowest BCUT2D eigenvalue weighted by Crippen LogP contribution is -2.41. The van der Waals surface area contributed by atoms with E-state index in [9.17, 15) is 9.59 Å². The smallest absolute Gasteiger partial charge is 0.272 e. The summed E-state index contributed by atoms with van der Waals surface area (Å²) in [6.07, 6.45) is 3.18. The van der Waals surface area contributed by atoms with Crippen molar-refractivity contribution in [2.24, 2.45) is 0 Å².